The van der Waals surface area contributed by atoms with Gasteiger partial charge in [-0.3, -0.25) is 9.79 Å². The molecule has 1 unspecified atom stereocenters. The summed E-state index contributed by atoms with van der Waals surface area (Å²) in [4.78, 5) is 18.5. The number of amides is 1. The first kappa shape index (κ1) is 22.3. The van der Waals surface area contributed by atoms with E-state index in [1.165, 1.54) is 5.56 Å². The minimum Gasteiger partial charge on any atom is -0.370 e. The van der Waals surface area contributed by atoms with Crippen molar-refractivity contribution >= 4 is 47.4 Å². The largest absolute Gasteiger partial charge is 0.370 e. The Balaban J connectivity index is 0.00000261. The Morgan fingerprint density at radius 1 is 1.44 bits per heavy atom. The molecule has 5 nitrogen and oxygen atoms in total. The van der Waals surface area contributed by atoms with E-state index in [4.69, 9.17) is 22.3 Å². The fourth-order valence-corrected chi connectivity index (χ4v) is 4.06. The summed E-state index contributed by atoms with van der Waals surface area (Å²) in [5.74, 6) is 1.07. The van der Waals surface area contributed by atoms with Gasteiger partial charge in [0, 0.05) is 36.5 Å². The second-order valence-corrected chi connectivity index (χ2v) is 8.02. The molecule has 0 radical (unpaired) electrons. The van der Waals surface area contributed by atoms with Gasteiger partial charge in [0.05, 0.1) is 6.54 Å². The molecule has 150 valence electrons. The molecule has 1 saturated heterocycles. The summed E-state index contributed by atoms with van der Waals surface area (Å²) < 4.78 is 0. The van der Waals surface area contributed by atoms with Crippen LogP contribution in [0.2, 0.25) is 5.02 Å². The molecule has 27 heavy (non-hydrogen) atoms. The lowest BCUT2D eigenvalue weighted by Crippen LogP contribution is -2.47. The molecule has 1 aliphatic carbocycles. The Bertz CT molecular complexity index is 678. The van der Waals surface area contributed by atoms with E-state index in [1.807, 2.05) is 12.1 Å². The molecule has 1 aromatic rings. The van der Waals surface area contributed by atoms with Gasteiger partial charge in [-0.25, -0.2) is 0 Å². The van der Waals surface area contributed by atoms with Crippen molar-refractivity contribution in [3.05, 3.63) is 34.9 Å². The molecule has 3 N–H and O–H groups in total. The van der Waals surface area contributed by atoms with Crippen molar-refractivity contribution in [1.82, 2.24) is 10.2 Å². The highest BCUT2D eigenvalue weighted by Crippen LogP contribution is 2.48. The maximum absolute atomic E-state index is 11.3. The van der Waals surface area contributed by atoms with E-state index in [-0.39, 0.29) is 35.3 Å². The lowest BCUT2D eigenvalue weighted by atomic mass is 9.94. The van der Waals surface area contributed by atoms with Crippen LogP contribution in [0.5, 0.6) is 0 Å². The zero-order valence-corrected chi connectivity index (χ0v) is 19.0. The van der Waals surface area contributed by atoms with Crippen molar-refractivity contribution in [3.8, 4) is 0 Å². The van der Waals surface area contributed by atoms with Gasteiger partial charge in [-0.1, -0.05) is 23.7 Å². The third-order valence-corrected chi connectivity index (χ3v) is 5.70. The Kier molecular flexibility index (Phi) is 8.21. The van der Waals surface area contributed by atoms with Crippen LogP contribution in [0.1, 0.15) is 44.6 Å². The standard InChI is InChI=1S/C20H29ClN4O.HI/c1-2-23-19(25-10-4-5-15(13-25)11-18(22)26)24-14-20(8-9-20)16-6-3-7-17(21)12-16;/h3,6-7,12,15H,2,4-5,8-11,13-14H2,1H3,(H2,22,26)(H,23,24);1H. The smallest absolute Gasteiger partial charge is 0.217 e. The van der Waals surface area contributed by atoms with Crippen LogP contribution in [0.4, 0.5) is 0 Å². The van der Waals surface area contributed by atoms with Crippen LogP contribution < -0.4 is 11.1 Å². The number of nitrogens with two attached hydrogens (primary N) is 1. The number of halogens is 2. The van der Waals surface area contributed by atoms with Crippen LogP contribution in [0.25, 0.3) is 0 Å². The molecule has 1 aromatic carbocycles. The first-order valence-corrected chi connectivity index (χ1v) is 9.98. The van der Waals surface area contributed by atoms with Crippen LogP contribution in [0.15, 0.2) is 29.3 Å². The van der Waals surface area contributed by atoms with Crippen molar-refractivity contribution in [3.63, 3.8) is 0 Å². The molecule has 2 aliphatic rings. The van der Waals surface area contributed by atoms with Gasteiger partial charge in [-0.15, -0.1) is 24.0 Å². The van der Waals surface area contributed by atoms with E-state index in [1.54, 1.807) is 0 Å². The van der Waals surface area contributed by atoms with Gasteiger partial charge >= 0.3 is 0 Å². The van der Waals surface area contributed by atoms with E-state index in [2.05, 4.69) is 29.3 Å². The van der Waals surface area contributed by atoms with E-state index in [9.17, 15) is 4.79 Å². The van der Waals surface area contributed by atoms with Gasteiger partial charge in [-0.05, 0) is 56.2 Å². The number of piperidine rings is 1. The molecule has 0 spiro atoms. The van der Waals surface area contributed by atoms with E-state index < -0.39 is 0 Å². The van der Waals surface area contributed by atoms with Crippen molar-refractivity contribution in [1.29, 1.82) is 0 Å². The molecule has 1 heterocycles. The van der Waals surface area contributed by atoms with Gasteiger partial charge in [0.2, 0.25) is 5.91 Å². The van der Waals surface area contributed by atoms with Crippen LogP contribution in [0.3, 0.4) is 0 Å². The number of guanidine groups is 1. The average molecular weight is 505 g/mol. The Morgan fingerprint density at radius 3 is 2.85 bits per heavy atom. The SMILES string of the molecule is CCNC(=NCC1(c2cccc(Cl)c2)CC1)N1CCCC(CC(N)=O)C1.I. The summed E-state index contributed by atoms with van der Waals surface area (Å²) in [6.45, 7) is 5.51. The maximum atomic E-state index is 11.3. The van der Waals surface area contributed by atoms with E-state index in [0.717, 1.165) is 62.8 Å². The quantitative estimate of drug-likeness (QED) is 0.354. The molecular weight excluding hydrogens is 475 g/mol. The van der Waals surface area contributed by atoms with Gasteiger partial charge in [-0.2, -0.15) is 0 Å². The van der Waals surface area contributed by atoms with E-state index in [0.29, 0.717) is 12.3 Å². The normalized spacial score (nSPS) is 21.3. The molecule has 3 rings (SSSR count). The summed E-state index contributed by atoms with van der Waals surface area (Å²) in [6, 6.07) is 8.17. The molecule has 1 saturated carbocycles. The molecule has 1 amide bonds. The highest BCUT2D eigenvalue weighted by Gasteiger charge is 2.44. The van der Waals surface area contributed by atoms with E-state index >= 15 is 0 Å². The number of hydrogen-bond donors (Lipinski definition) is 2. The summed E-state index contributed by atoms with van der Waals surface area (Å²) in [5.41, 5.74) is 6.81. The van der Waals surface area contributed by atoms with Gasteiger partial charge in [0.1, 0.15) is 0 Å². The Hall–Kier alpha value is -1.02. The maximum Gasteiger partial charge on any atom is 0.217 e. The number of nitrogens with zero attached hydrogens (tertiary/aromatic N) is 2. The summed E-state index contributed by atoms with van der Waals surface area (Å²) in [7, 11) is 0. The fraction of sp³-hybridized carbons (Fsp3) is 0.600. The second kappa shape index (κ2) is 9.96. The Morgan fingerprint density at radius 2 is 2.22 bits per heavy atom. The predicted molar refractivity (Wildman–Crippen MR) is 122 cm³/mol. The van der Waals surface area contributed by atoms with Gasteiger partial charge in [0.25, 0.3) is 0 Å². The Labute approximate surface area is 184 Å². The van der Waals surface area contributed by atoms with Crippen LogP contribution in [0, 0.1) is 5.92 Å². The summed E-state index contributed by atoms with van der Waals surface area (Å²) in [6.07, 6.45) is 4.90. The third kappa shape index (κ3) is 5.98. The molecule has 2 fully saturated rings. The third-order valence-electron chi connectivity index (χ3n) is 5.47. The zero-order valence-electron chi connectivity index (χ0n) is 15.9. The van der Waals surface area contributed by atoms with Crippen LogP contribution in [-0.4, -0.2) is 42.9 Å². The van der Waals surface area contributed by atoms with Gasteiger partial charge in [0.15, 0.2) is 5.96 Å². The number of hydrogen-bond acceptors (Lipinski definition) is 2. The number of primary amides is 1. The summed E-state index contributed by atoms with van der Waals surface area (Å²) >= 11 is 6.18. The van der Waals surface area contributed by atoms with Crippen molar-refractivity contribution < 1.29 is 4.79 Å². The lowest BCUT2D eigenvalue weighted by molar-refractivity contribution is -0.119. The number of rotatable bonds is 6. The molecule has 1 atom stereocenters. The monoisotopic (exact) mass is 504 g/mol. The number of aliphatic imine (C=N–C) groups is 1. The topological polar surface area (TPSA) is 70.7 Å². The second-order valence-electron chi connectivity index (χ2n) is 7.59. The highest BCUT2D eigenvalue weighted by atomic mass is 127. The minimum atomic E-state index is -0.211. The van der Waals surface area contributed by atoms with Crippen molar-refractivity contribution in [2.24, 2.45) is 16.6 Å². The summed E-state index contributed by atoms with van der Waals surface area (Å²) in [5, 5.41) is 4.21. The lowest BCUT2D eigenvalue weighted by Gasteiger charge is -2.35. The van der Waals surface area contributed by atoms with Gasteiger partial charge < -0.3 is 16.0 Å². The fourth-order valence-electron chi connectivity index (χ4n) is 3.87. The van der Waals surface area contributed by atoms with Crippen molar-refractivity contribution in [2.75, 3.05) is 26.2 Å². The predicted octanol–water partition coefficient (Wildman–Crippen LogP) is 3.54. The zero-order chi connectivity index (χ0) is 18.6. The number of carbonyl (C=O) groups excluding carboxylic acids is 1. The molecule has 0 bridgehead atoms. The number of nitrogens with one attached hydrogen (secondary N) is 1. The molecule has 1 aliphatic heterocycles. The average Bonchev–Trinajstić information content (AvgIpc) is 3.39. The number of carbonyl (C=O) groups is 1. The molecule has 0 aromatic heterocycles. The van der Waals surface area contributed by atoms with Crippen LogP contribution in [-0.2, 0) is 10.2 Å². The first-order valence-electron chi connectivity index (χ1n) is 9.60. The highest BCUT2D eigenvalue weighted by molar-refractivity contribution is 14.0. The molecular formula is C20H30ClIN4O. The first-order chi connectivity index (χ1) is 12.5. The number of benzene rings is 1. The number of likely N-dealkylation sites (tertiary alicyclic amines) is 1. The van der Waals surface area contributed by atoms with Crippen molar-refractivity contribution in [2.45, 2.75) is 44.4 Å². The minimum absolute atomic E-state index is 0. The van der Waals surface area contributed by atoms with Crippen LogP contribution >= 0.6 is 35.6 Å². The molecule has 7 heteroatoms.